The monoisotopic (exact) mass is 329 g/mol. The van der Waals surface area contributed by atoms with E-state index in [1.807, 2.05) is 5.38 Å². The van der Waals surface area contributed by atoms with Gasteiger partial charge in [-0.1, -0.05) is 18.2 Å². The van der Waals surface area contributed by atoms with E-state index in [-0.39, 0.29) is 16.4 Å². The van der Waals surface area contributed by atoms with Crippen molar-refractivity contribution in [2.75, 3.05) is 11.5 Å². The summed E-state index contributed by atoms with van der Waals surface area (Å²) in [6.45, 7) is 0.296. The predicted octanol–water partition coefficient (Wildman–Crippen LogP) is 1.79. The van der Waals surface area contributed by atoms with E-state index >= 15 is 0 Å². The second-order valence-corrected chi connectivity index (χ2v) is 9.01. The second-order valence-electron chi connectivity index (χ2n) is 4.15. The minimum absolute atomic E-state index is 0.107. The van der Waals surface area contributed by atoms with Gasteiger partial charge >= 0.3 is 0 Å². The Kier molecular flexibility index (Phi) is 5.09. The van der Waals surface area contributed by atoms with Crippen molar-refractivity contribution in [1.29, 1.82) is 0 Å². The van der Waals surface area contributed by atoms with Gasteiger partial charge in [0.25, 0.3) is 0 Å². The molecule has 1 atom stereocenters. The number of hydrogen-bond donors (Lipinski definition) is 1. The zero-order valence-electron chi connectivity index (χ0n) is 10.7. The fourth-order valence-electron chi connectivity index (χ4n) is 1.66. The van der Waals surface area contributed by atoms with Gasteiger partial charge < -0.3 is 5.73 Å². The molecule has 0 aliphatic rings. The molecular formula is C13H15NO3S3. The molecule has 1 aromatic carbocycles. The minimum Gasteiger partial charge on any atom is -0.326 e. The van der Waals surface area contributed by atoms with Crippen molar-refractivity contribution in [3.05, 3.63) is 47.3 Å². The van der Waals surface area contributed by atoms with E-state index in [0.29, 0.717) is 10.8 Å². The SMILES string of the molecule is NCc1cccc(S(=O)(=O)CCS(=O)c2cccs2)c1. The van der Waals surface area contributed by atoms with Crippen molar-refractivity contribution < 1.29 is 12.6 Å². The molecule has 2 N–H and O–H groups in total. The number of nitrogens with two attached hydrogens (primary N) is 1. The average Bonchev–Trinajstić information content (AvgIpc) is 2.99. The summed E-state index contributed by atoms with van der Waals surface area (Å²) in [4.78, 5) is 0.239. The van der Waals surface area contributed by atoms with Gasteiger partial charge in [0.2, 0.25) is 0 Å². The molecule has 7 heteroatoms. The number of rotatable bonds is 6. The maximum Gasteiger partial charge on any atom is 0.179 e. The van der Waals surface area contributed by atoms with Crippen LogP contribution < -0.4 is 5.73 Å². The van der Waals surface area contributed by atoms with Gasteiger partial charge in [-0.3, -0.25) is 4.21 Å². The number of sulfone groups is 1. The van der Waals surface area contributed by atoms with Gasteiger partial charge in [0, 0.05) is 12.3 Å². The number of benzene rings is 1. The van der Waals surface area contributed by atoms with Crippen LogP contribution in [0.25, 0.3) is 0 Å². The van der Waals surface area contributed by atoms with E-state index < -0.39 is 20.6 Å². The normalized spacial score (nSPS) is 13.2. The first-order chi connectivity index (χ1) is 9.53. The molecule has 0 fully saturated rings. The average molecular weight is 329 g/mol. The summed E-state index contributed by atoms with van der Waals surface area (Å²) in [6.07, 6.45) is 0. The molecule has 20 heavy (non-hydrogen) atoms. The summed E-state index contributed by atoms with van der Waals surface area (Å²) in [5.74, 6) is -0.0266. The van der Waals surface area contributed by atoms with Crippen LogP contribution in [0.3, 0.4) is 0 Å². The van der Waals surface area contributed by atoms with Crippen molar-refractivity contribution in [2.45, 2.75) is 15.6 Å². The molecule has 4 nitrogen and oxygen atoms in total. The van der Waals surface area contributed by atoms with Crippen LogP contribution in [-0.4, -0.2) is 24.1 Å². The van der Waals surface area contributed by atoms with E-state index in [9.17, 15) is 12.6 Å². The molecule has 0 amide bonds. The summed E-state index contributed by atoms with van der Waals surface area (Å²) in [7, 11) is -4.69. The Morgan fingerprint density at radius 2 is 2.00 bits per heavy atom. The summed E-state index contributed by atoms with van der Waals surface area (Å²) < 4.78 is 37.1. The van der Waals surface area contributed by atoms with Crippen LogP contribution in [0.15, 0.2) is 50.9 Å². The number of hydrogen-bond acceptors (Lipinski definition) is 5. The molecule has 108 valence electrons. The zero-order valence-corrected chi connectivity index (χ0v) is 13.1. The predicted molar refractivity (Wildman–Crippen MR) is 82.0 cm³/mol. The highest BCUT2D eigenvalue weighted by Gasteiger charge is 2.17. The molecule has 0 spiro atoms. The van der Waals surface area contributed by atoms with Gasteiger partial charge in [-0.05, 0) is 29.1 Å². The molecule has 0 aliphatic carbocycles. The van der Waals surface area contributed by atoms with Gasteiger partial charge in [-0.15, -0.1) is 11.3 Å². The molecule has 0 saturated heterocycles. The Hall–Kier alpha value is -1.02. The van der Waals surface area contributed by atoms with Crippen molar-refractivity contribution in [1.82, 2.24) is 0 Å². The van der Waals surface area contributed by atoms with Crippen molar-refractivity contribution >= 4 is 32.0 Å². The molecule has 0 radical (unpaired) electrons. The highest BCUT2D eigenvalue weighted by atomic mass is 32.2. The topological polar surface area (TPSA) is 77.2 Å². The lowest BCUT2D eigenvalue weighted by Gasteiger charge is -2.05. The molecule has 2 aromatic rings. The van der Waals surface area contributed by atoms with Gasteiger partial charge in [0.1, 0.15) is 0 Å². The van der Waals surface area contributed by atoms with Crippen LogP contribution in [-0.2, 0) is 27.2 Å². The van der Waals surface area contributed by atoms with E-state index in [4.69, 9.17) is 5.73 Å². The Bertz CT molecular complexity index is 693. The maximum absolute atomic E-state index is 12.2. The molecular weight excluding hydrogens is 314 g/mol. The Morgan fingerprint density at radius 1 is 1.20 bits per heavy atom. The van der Waals surface area contributed by atoms with E-state index in [1.54, 1.807) is 36.4 Å². The van der Waals surface area contributed by atoms with Crippen LogP contribution in [0.2, 0.25) is 0 Å². The van der Waals surface area contributed by atoms with E-state index in [0.717, 1.165) is 5.56 Å². The Labute approximate surface area is 125 Å². The Balaban J connectivity index is 2.09. The lowest BCUT2D eigenvalue weighted by Crippen LogP contribution is -2.14. The van der Waals surface area contributed by atoms with Crippen LogP contribution >= 0.6 is 11.3 Å². The van der Waals surface area contributed by atoms with E-state index in [1.165, 1.54) is 11.3 Å². The molecule has 0 saturated carbocycles. The van der Waals surface area contributed by atoms with Gasteiger partial charge in [-0.2, -0.15) is 0 Å². The minimum atomic E-state index is -3.42. The summed E-state index contributed by atoms with van der Waals surface area (Å²) in [6, 6.07) is 10.1. The second kappa shape index (κ2) is 6.62. The standard InChI is InChI=1S/C13H15NO3S3/c14-10-11-3-1-4-12(9-11)20(16,17)8-7-19(15)13-5-2-6-18-13/h1-6,9H,7-8,10,14H2. The van der Waals surface area contributed by atoms with Gasteiger partial charge in [0.15, 0.2) is 9.84 Å². The fraction of sp³-hybridized carbons (Fsp3) is 0.231. The molecule has 1 aromatic heterocycles. The highest BCUT2D eigenvalue weighted by Crippen LogP contribution is 2.17. The zero-order chi connectivity index (χ0) is 14.6. The smallest absolute Gasteiger partial charge is 0.179 e. The van der Waals surface area contributed by atoms with Gasteiger partial charge in [-0.25, -0.2) is 8.42 Å². The van der Waals surface area contributed by atoms with E-state index in [2.05, 4.69) is 0 Å². The molecule has 0 bridgehead atoms. The van der Waals surface area contributed by atoms with Crippen molar-refractivity contribution in [3.8, 4) is 0 Å². The highest BCUT2D eigenvalue weighted by molar-refractivity contribution is 7.93. The molecule has 1 unspecified atom stereocenters. The first-order valence-electron chi connectivity index (χ1n) is 5.96. The fourth-order valence-corrected chi connectivity index (χ4v) is 5.72. The first-order valence-corrected chi connectivity index (χ1v) is 9.81. The summed E-state index contributed by atoms with van der Waals surface area (Å²) in [5.41, 5.74) is 6.28. The summed E-state index contributed by atoms with van der Waals surface area (Å²) in [5, 5.41) is 1.83. The quantitative estimate of drug-likeness (QED) is 0.876. The largest absolute Gasteiger partial charge is 0.326 e. The lowest BCUT2D eigenvalue weighted by atomic mass is 10.2. The van der Waals surface area contributed by atoms with Crippen LogP contribution in [0, 0.1) is 0 Å². The third-order valence-electron chi connectivity index (χ3n) is 2.75. The van der Waals surface area contributed by atoms with Crippen molar-refractivity contribution in [3.63, 3.8) is 0 Å². The van der Waals surface area contributed by atoms with Crippen LogP contribution in [0.1, 0.15) is 5.56 Å². The summed E-state index contributed by atoms with van der Waals surface area (Å²) >= 11 is 1.37. The third-order valence-corrected chi connectivity index (χ3v) is 7.39. The van der Waals surface area contributed by atoms with Crippen LogP contribution in [0.5, 0.6) is 0 Å². The Morgan fingerprint density at radius 3 is 2.65 bits per heavy atom. The maximum atomic E-state index is 12.2. The first kappa shape index (κ1) is 15.4. The molecule has 1 heterocycles. The molecule has 2 rings (SSSR count). The third kappa shape index (κ3) is 3.76. The van der Waals surface area contributed by atoms with Crippen LogP contribution in [0.4, 0.5) is 0 Å². The number of thiophene rings is 1. The molecule has 0 aliphatic heterocycles. The lowest BCUT2D eigenvalue weighted by molar-refractivity contribution is 0.597. The van der Waals surface area contributed by atoms with Gasteiger partial charge in [0.05, 0.1) is 25.7 Å². The van der Waals surface area contributed by atoms with Crippen molar-refractivity contribution in [2.24, 2.45) is 5.73 Å².